The smallest absolute Gasteiger partial charge is 0.338 e. The van der Waals surface area contributed by atoms with Crippen LogP contribution in [0.1, 0.15) is 31.0 Å². The van der Waals surface area contributed by atoms with Crippen molar-refractivity contribution in [2.45, 2.75) is 19.9 Å². The summed E-state index contributed by atoms with van der Waals surface area (Å²) in [5, 5.41) is 0.557. The zero-order valence-corrected chi connectivity index (χ0v) is 20.7. The third-order valence-corrected chi connectivity index (χ3v) is 6.66. The molecule has 0 amide bonds. The van der Waals surface area contributed by atoms with Crippen molar-refractivity contribution < 1.29 is 19.0 Å². The molecule has 1 aliphatic rings. The summed E-state index contributed by atoms with van der Waals surface area (Å²) < 4.78 is 18.0. The number of methoxy groups -OCH3 is 2. The number of ether oxygens (including phenoxy) is 3. The van der Waals surface area contributed by atoms with Crippen LogP contribution in [0, 0.1) is 0 Å². The fourth-order valence-electron chi connectivity index (χ4n) is 3.83. The lowest BCUT2D eigenvalue weighted by Crippen LogP contribution is -2.39. The summed E-state index contributed by atoms with van der Waals surface area (Å²) in [4.78, 5) is 31.6. The van der Waals surface area contributed by atoms with Gasteiger partial charge >= 0.3 is 5.97 Å². The van der Waals surface area contributed by atoms with Crippen molar-refractivity contribution in [3.05, 3.63) is 89.6 Å². The Labute approximate surface area is 205 Å². The highest BCUT2D eigenvalue weighted by atomic mass is 35.5. The third kappa shape index (κ3) is 4.38. The Bertz CT molecular complexity index is 1450. The van der Waals surface area contributed by atoms with Crippen LogP contribution in [0.2, 0.25) is 5.02 Å². The molecule has 0 spiro atoms. The molecule has 1 aromatic heterocycles. The minimum absolute atomic E-state index is 0.213. The van der Waals surface area contributed by atoms with Crippen LogP contribution in [0.25, 0.3) is 6.08 Å². The number of nitrogens with zero attached hydrogens (tertiary/aromatic N) is 2. The molecule has 3 aromatic rings. The number of allylic oxidation sites excluding steroid dienone is 1. The summed E-state index contributed by atoms with van der Waals surface area (Å²) in [6.45, 7) is 3.70. The minimum atomic E-state index is -0.688. The molecule has 0 saturated heterocycles. The molecule has 7 nitrogen and oxygen atoms in total. The van der Waals surface area contributed by atoms with Crippen LogP contribution in [-0.4, -0.2) is 31.4 Å². The lowest BCUT2D eigenvalue weighted by molar-refractivity contribution is -0.139. The number of aromatic nitrogens is 1. The van der Waals surface area contributed by atoms with Crippen molar-refractivity contribution in [2.24, 2.45) is 4.99 Å². The lowest BCUT2D eigenvalue weighted by atomic mass is 9.96. The first kappa shape index (κ1) is 23.8. The summed E-state index contributed by atoms with van der Waals surface area (Å²) in [5.41, 5.74) is 2.02. The maximum absolute atomic E-state index is 13.6. The van der Waals surface area contributed by atoms with Gasteiger partial charge in [0.25, 0.3) is 5.56 Å². The highest BCUT2D eigenvalue weighted by Gasteiger charge is 2.33. The van der Waals surface area contributed by atoms with Gasteiger partial charge in [0, 0.05) is 16.7 Å². The van der Waals surface area contributed by atoms with Crippen molar-refractivity contribution in [1.29, 1.82) is 0 Å². The molecule has 2 heterocycles. The topological polar surface area (TPSA) is 79.1 Å². The van der Waals surface area contributed by atoms with Crippen molar-refractivity contribution in [2.75, 3.05) is 20.8 Å². The summed E-state index contributed by atoms with van der Waals surface area (Å²) >= 11 is 7.34. The Morgan fingerprint density at radius 1 is 1.18 bits per heavy atom. The van der Waals surface area contributed by atoms with E-state index in [1.165, 1.54) is 15.9 Å². The maximum Gasteiger partial charge on any atom is 0.338 e. The third-order valence-electron chi connectivity index (χ3n) is 5.43. The average Bonchev–Trinajstić information content (AvgIpc) is 3.13. The van der Waals surface area contributed by atoms with Crippen LogP contribution >= 0.6 is 22.9 Å². The van der Waals surface area contributed by atoms with Gasteiger partial charge in [-0.05, 0) is 49.8 Å². The number of carbonyl (C=O) groups excluding carboxylic acids is 1. The molecule has 0 radical (unpaired) electrons. The quantitative estimate of drug-likeness (QED) is 0.486. The van der Waals surface area contributed by atoms with Crippen LogP contribution in [0.4, 0.5) is 0 Å². The number of carbonyl (C=O) groups is 1. The molecule has 9 heteroatoms. The van der Waals surface area contributed by atoms with E-state index in [9.17, 15) is 9.59 Å². The Balaban J connectivity index is 1.94. The number of rotatable bonds is 6. The molecule has 4 rings (SSSR count). The molecule has 0 saturated carbocycles. The molecular formula is C25H23ClN2O5S. The Kier molecular flexibility index (Phi) is 6.90. The van der Waals surface area contributed by atoms with Gasteiger partial charge < -0.3 is 14.2 Å². The molecule has 1 atom stereocenters. The van der Waals surface area contributed by atoms with E-state index in [0.717, 1.165) is 11.1 Å². The van der Waals surface area contributed by atoms with Gasteiger partial charge in [-0.15, -0.1) is 0 Å². The number of hydrogen-bond acceptors (Lipinski definition) is 7. The van der Waals surface area contributed by atoms with Crippen molar-refractivity contribution >= 4 is 35.0 Å². The molecule has 176 valence electrons. The van der Waals surface area contributed by atoms with Crippen LogP contribution in [0.5, 0.6) is 11.5 Å². The first-order valence-corrected chi connectivity index (χ1v) is 11.7. The van der Waals surface area contributed by atoms with Crippen LogP contribution in [0.3, 0.4) is 0 Å². The number of fused-ring (bicyclic) bond motifs is 1. The Morgan fingerprint density at radius 2 is 1.91 bits per heavy atom. The number of benzene rings is 2. The van der Waals surface area contributed by atoms with Crippen molar-refractivity contribution in [3.63, 3.8) is 0 Å². The molecule has 0 aliphatic carbocycles. The van der Waals surface area contributed by atoms with E-state index >= 15 is 0 Å². The van der Waals surface area contributed by atoms with E-state index in [4.69, 9.17) is 25.8 Å². The highest BCUT2D eigenvalue weighted by Crippen LogP contribution is 2.31. The van der Waals surface area contributed by atoms with Crippen LogP contribution < -0.4 is 24.4 Å². The SMILES string of the molecule is CCOC(=O)C1=C(C)N=c2sc(=Cc3ccc(OC)cc3OC)c(=O)n2C1c1ccc(Cl)cc1. The molecule has 1 unspecified atom stereocenters. The summed E-state index contributed by atoms with van der Waals surface area (Å²) in [6.07, 6.45) is 1.75. The van der Waals surface area contributed by atoms with Gasteiger partial charge in [-0.25, -0.2) is 9.79 Å². The predicted molar refractivity (Wildman–Crippen MR) is 131 cm³/mol. The van der Waals surface area contributed by atoms with E-state index < -0.39 is 12.0 Å². The first-order chi connectivity index (χ1) is 16.4. The zero-order valence-electron chi connectivity index (χ0n) is 19.1. The van der Waals surface area contributed by atoms with Gasteiger partial charge in [-0.3, -0.25) is 9.36 Å². The van der Waals surface area contributed by atoms with Gasteiger partial charge in [0.2, 0.25) is 0 Å². The fraction of sp³-hybridized carbons (Fsp3) is 0.240. The number of halogens is 1. The van der Waals surface area contributed by atoms with Crippen molar-refractivity contribution in [1.82, 2.24) is 4.57 Å². The lowest BCUT2D eigenvalue weighted by Gasteiger charge is -2.24. The summed E-state index contributed by atoms with van der Waals surface area (Å²) in [6, 6.07) is 11.7. The molecule has 0 fully saturated rings. The fourth-order valence-corrected chi connectivity index (χ4v) is 4.99. The van der Waals surface area contributed by atoms with Gasteiger partial charge in [-0.2, -0.15) is 0 Å². The average molecular weight is 499 g/mol. The second-order valence-electron chi connectivity index (χ2n) is 7.46. The molecular weight excluding hydrogens is 476 g/mol. The minimum Gasteiger partial charge on any atom is -0.497 e. The van der Waals surface area contributed by atoms with Gasteiger partial charge in [0.15, 0.2) is 4.80 Å². The second kappa shape index (κ2) is 9.87. The van der Waals surface area contributed by atoms with Crippen LogP contribution in [-0.2, 0) is 9.53 Å². The Hall–Kier alpha value is -3.36. The zero-order chi connectivity index (χ0) is 24.4. The molecule has 2 aromatic carbocycles. The molecule has 1 aliphatic heterocycles. The number of thiazole rings is 1. The van der Waals surface area contributed by atoms with Crippen LogP contribution in [0.15, 0.2) is 63.5 Å². The van der Waals surface area contributed by atoms with E-state index in [1.807, 2.05) is 6.07 Å². The first-order valence-electron chi connectivity index (χ1n) is 10.5. The number of esters is 1. The van der Waals surface area contributed by atoms with Crippen molar-refractivity contribution in [3.8, 4) is 11.5 Å². The molecule has 0 bridgehead atoms. The van der Waals surface area contributed by atoms with Gasteiger partial charge in [0.05, 0.1) is 42.7 Å². The largest absolute Gasteiger partial charge is 0.497 e. The van der Waals surface area contributed by atoms with E-state index in [-0.39, 0.29) is 12.2 Å². The predicted octanol–water partition coefficient (Wildman–Crippen LogP) is 3.47. The number of hydrogen-bond donors (Lipinski definition) is 0. The highest BCUT2D eigenvalue weighted by molar-refractivity contribution is 7.07. The normalized spacial score (nSPS) is 15.6. The summed E-state index contributed by atoms with van der Waals surface area (Å²) in [7, 11) is 3.13. The van der Waals surface area contributed by atoms with E-state index in [1.54, 1.807) is 70.5 Å². The monoisotopic (exact) mass is 498 g/mol. The molecule has 0 N–H and O–H groups in total. The second-order valence-corrected chi connectivity index (χ2v) is 8.91. The summed E-state index contributed by atoms with van der Waals surface area (Å²) in [5.74, 6) is 0.713. The van der Waals surface area contributed by atoms with E-state index in [0.29, 0.717) is 37.1 Å². The standard InChI is InChI=1S/C25H23ClN2O5S/c1-5-33-24(30)21-14(2)27-25-28(22(21)15-6-9-17(26)10-7-15)23(29)20(34-25)12-16-8-11-18(31-3)13-19(16)32-4/h6-13,22H,5H2,1-4H3. The maximum atomic E-state index is 13.6. The van der Waals surface area contributed by atoms with Gasteiger partial charge in [-0.1, -0.05) is 35.1 Å². The molecule has 34 heavy (non-hydrogen) atoms. The van der Waals surface area contributed by atoms with E-state index in [2.05, 4.69) is 4.99 Å². The Morgan fingerprint density at radius 3 is 2.56 bits per heavy atom. The van der Waals surface area contributed by atoms with Gasteiger partial charge in [0.1, 0.15) is 11.5 Å².